The van der Waals surface area contributed by atoms with Crippen molar-refractivity contribution in [3.8, 4) is 6.07 Å². The summed E-state index contributed by atoms with van der Waals surface area (Å²) in [6, 6.07) is 6.22. The van der Waals surface area contributed by atoms with E-state index in [9.17, 15) is 8.42 Å². The van der Waals surface area contributed by atoms with Crippen molar-refractivity contribution in [2.75, 3.05) is 0 Å². The molecule has 5 nitrogen and oxygen atoms in total. The molecule has 0 saturated heterocycles. The van der Waals surface area contributed by atoms with Crippen LogP contribution in [0.4, 0.5) is 0 Å². The highest BCUT2D eigenvalue weighted by Gasteiger charge is 2.36. The summed E-state index contributed by atoms with van der Waals surface area (Å²) in [6.45, 7) is 4.44. The lowest BCUT2D eigenvalue weighted by molar-refractivity contribution is 0.561. The first kappa shape index (κ1) is 12.6. The van der Waals surface area contributed by atoms with E-state index in [1.165, 1.54) is 26.0 Å². The summed E-state index contributed by atoms with van der Waals surface area (Å²) in [5.74, 6) is 0.471. The molecule has 0 amide bonds. The first-order chi connectivity index (χ1) is 8.28. The molecule has 0 aliphatic rings. The second-order valence-corrected chi connectivity index (χ2v) is 6.99. The number of rotatable bonds is 2. The van der Waals surface area contributed by atoms with E-state index >= 15 is 0 Å². The van der Waals surface area contributed by atoms with Gasteiger partial charge in [-0.2, -0.15) is 5.26 Å². The largest absolute Gasteiger partial charge is 0.441 e. The maximum Gasteiger partial charge on any atom is 0.196 e. The number of hydrogen-bond acceptors (Lipinski definition) is 5. The number of aryl methyl sites for hydroxylation is 1. The maximum absolute atomic E-state index is 12.3. The Bertz CT molecular complexity index is 751. The molecule has 0 radical (unpaired) electrons. The van der Waals surface area contributed by atoms with Gasteiger partial charge in [-0.05, 0) is 32.0 Å². The van der Waals surface area contributed by atoms with Crippen molar-refractivity contribution < 1.29 is 12.8 Å². The Balaban J connectivity index is 2.66. The number of hydrogen-bond donors (Lipinski definition) is 0. The molecule has 0 N–H and O–H groups in total. The molecule has 6 heteroatoms. The van der Waals surface area contributed by atoms with Crippen molar-refractivity contribution in [1.82, 2.24) is 4.98 Å². The van der Waals surface area contributed by atoms with Crippen molar-refractivity contribution >= 4 is 20.9 Å². The van der Waals surface area contributed by atoms with Gasteiger partial charge in [0, 0.05) is 6.92 Å². The summed E-state index contributed by atoms with van der Waals surface area (Å²) in [5.41, 5.74) is 1.00. The van der Waals surface area contributed by atoms with Crippen LogP contribution >= 0.6 is 0 Å². The summed E-state index contributed by atoms with van der Waals surface area (Å²) < 4.78 is 28.3. The molecule has 18 heavy (non-hydrogen) atoms. The Hall–Kier alpha value is -1.87. The van der Waals surface area contributed by atoms with E-state index in [0.29, 0.717) is 17.0 Å². The SMILES string of the molecule is Cc1nc2cc(S(=O)(=O)C(C)(C)C#N)ccc2o1. The predicted molar refractivity (Wildman–Crippen MR) is 65.6 cm³/mol. The Morgan fingerprint density at radius 1 is 1.39 bits per heavy atom. The molecule has 0 saturated carbocycles. The number of nitriles is 1. The summed E-state index contributed by atoms with van der Waals surface area (Å²) in [4.78, 5) is 4.16. The molecule has 2 rings (SSSR count). The van der Waals surface area contributed by atoms with E-state index in [2.05, 4.69) is 4.98 Å². The van der Waals surface area contributed by atoms with Crippen LogP contribution in [0.2, 0.25) is 0 Å². The normalized spacial score (nSPS) is 12.6. The lowest BCUT2D eigenvalue weighted by Gasteiger charge is -2.15. The van der Waals surface area contributed by atoms with Crippen LogP contribution in [-0.4, -0.2) is 18.1 Å². The molecule has 1 aromatic heterocycles. The lowest BCUT2D eigenvalue weighted by atomic mass is 10.2. The second kappa shape index (κ2) is 3.82. The second-order valence-electron chi connectivity index (χ2n) is 4.49. The predicted octanol–water partition coefficient (Wildman–Crippen LogP) is 2.21. The number of benzene rings is 1. The van der Waals surface area contributed by atoms with Gasteiger partial charge in [0.25, 0.3) is 0 Å². The molecular weight excluding hydrogens is 252 g/mol. The molecule has 94 valence electrons. The fraction of sp³-hybridized carbons (Fsp3) is 0.333. The first-order valence-corrected chi connectivity index (χ1v) is 6.79. The van der Waals surface area contributed by atoms with E-state index < -0.39 is 14.6 Å². The van der Waals surface area contributed by atoms with Crippen LogP contribution < -0.4 is 0 Å². The number of nitrogens with zero attached hydrogens (tertiary/aromatic N) is 2. The van der Waals surface area contributed by atoms with Gasteiger partial charge in [0.05, 0.1) is 11.0 Å². The molecule has 0 spiro atoms. The van der Waals surface area contributed by atoms with Gasteiger partial charge in [-0.3, -0.25) is 0 Å². The van der Waals surface area contributed by atoms with E-state index in [1.54, 1.807) is 19.1 Å². The van der Waals surface area contributed by atoms with Crippen LogP contribution in [0.3, 0.4) is 0 Å². The number of fused-ring (bicyclic) bond motifs is 1. The molecule has 2 aromatic rings. The van der Waals surface area contributed by atoms with Crippen LogP contribution in [0, 0.1) is 18.3 Å². The van der Waals surface area contributed by atoms with E-state index in [-0.39, 0.29) is 4.90 Å². The molecule has 1 aromatic carbocycles. The van der Waals surface area contributed by atoms with E-state index in [0.717, 1.165) is 0 Å². The minimum atomic E-state index is -3.71. The van der Waals surface area contributed by atoms with Gasteiger partial charge >= 0.3 is 0 Å². The zero-order valence-electron chi connectivity index (χ0n) is 10.3. The van der Waals surface area contributed by atoms with Crippen molar-refractivity contribution in [2.24, 2.45) is 0 Å². The van der Waals surface area contributed by atoms with E-state index in [1.807, 2.05) is 0 Å². The fourth-order valence-electron chi connectivity index (χ4n) is 1.54. The summed E-state index contributed by atoms with van der Waals surface area (Å²) >= 11 is 0. The smallest absolute Gasteiger partial charge is 0.196 e. The lowest BCUT2D eigenvalue weighted by Crippen LogP contribution is -2.29. The van der Waals surface area contributed by atoms with Crippen LogP contribution in [0.1, 0.15) is 19.7 Å². The first-order valence-electron chi connectivity index (χ1n) is 5.31. The number of sulfone groups is 1. The van der Waals surface area contributed by atoms with Gasteiger partial charge in [0.15, 0.2) is 26.1 Å². The highest BCUT2D eigenvalue weighted by molar-refractivity contribution is 7.93. The Morgan fingerprint density at radius 3 is 2.67 bits per heavy atom. The zero-order valence-corrected chi connectivity index (χ0v) is 11.1. The van der Waals surface area contributed by atoms with Crippen LogP contribution in [-0.2, 0) is 9.84 Å². The Morgan fingerprint density at radius 2 is 2.06 bits per heavy atom. The highest BCUT2D eigenvalue weighted by Crippen LogP contribution is 2.27. The van der Waals surface area contributed by atoms with Crippen LogP contribution in [0.5, 0.6) is 0 Å². The van der Waals surface area contributed by atoms with E-state index in [4.69, 9.17) is 9.68 Å². The van der Waals surface area contributed by atoms with Gasteiger partial charge in [0.2, 0.25) is 0 Å². The third kappa shape index (κ3) is 1.77. The molecule has 0 fully saturated rings. The monoisotopic (exact) mass is 264 g/mol. The fourth-order valence-corrected chi connectivity index (χ4v) is 2.77. The molecule has 0 unspecified atom stereocenters. The molecule has 0 atom stereocenters. The minimum Gasteiger partial charge on any atom is -0.441 e. The van der Waals surface area contributed by atoms with Gasteiger partial charge in [-0.1, -0.05) is 0 Å². The molecule has 0 aliphatic carbocycles. The number of oxazole rings is 1. The third-order valence-electron chi connectivity index (χ3n) is 2.72. The quantitative estimate of drug-likeness (QED) is 0.830. The minimum absolute atomic E-state index is 0.0786. The number of aromatic nitrogens is 1. The van der Waals surface area contributed by atoms with Crippen LogP contribution in [0.15, 0.2) is 27.5 Å². The Labute approximate surface area is 105 Å². The molecule has 0 bridgehead atoms. The summed E-state index contributed by atoms with van der Waals surface area (Å²) in [5, 5.41) is 8.95. The van der Waals surface area contributed by atoms with Crippen molar-refractivity contribution in [1.29, 1.82) is 5.26 Å². The maximum atomic E-state index is 12.3. The van der Waals surface area contributed by atoms with Crippen molar-refractivity contribution in [3.63, 3.8) is 0 Å². The van der Waals surface area contributed by atoms with Gasteiger partial charge in [-0.25, -0.2) is 13.4 Å². The van der Waals surface area contributed by atoms with Crippen LogP contribution in [0.25, 0.3) is 11.1 Å². The van der Waals surface area contributed by atoms with Gasteiger partial charge < -0.3 is 4.42 Å². The third-order valence-corrected chi connectivity index (χ3v) is 5.03. The van der Waals surface area contributed by atoms with Gasteiger partial charge in [0.1, 0.15) is 5.52 Å². The van der Waals surface area contributed by atoms with Crippen molar-refractivity contribution in [3.05, 3.63) is 24.1 Å². The highest BCUT2D eigenvalue weighted by atomic mass is 32.2. The zero-order chi connectivity index (χ0) is 13.6. The summed E-state index contributed by atoms with van der Waals surface area (Å²) in [7, 11) is -3.71. The van der Waals surface area contributed by atoms with Crippen molar-refractivity contribution in [2.45, 2.75) is 30.4 Å². The van der Waals surface area contributed by atoms with Gasteiger partial charge in [-0.15, -0.1) is 0 Å². The standard InChI is InChI=1S/C12H12N2O3S/c1-8-14-10-6-9(4-5-11(10)17-8)18(15,16)12(2,3)7-13/h4-6H,1-3H3. The Kier molecular flexibility index (Phi) is 2.67. The topological polar surface area (TPSA) is 84.0 Å². The molecule has 1 heterocycles. The average molecular weight is 264 g/mol. The average Bonchev–Trinajstić information content (AvgIpc) is 2.67. The molecular formula is C12H12N2O3S. The molecule has 0 aliphatic heterocycles. The summed E-state index contributed by atoms with van der Waals surface area (Å²) in [6.07, 6.45) is 0.